The number of halogens is 1. The quantitative estimate of drug-likeness (QED) is 0.684. The summed E-state index contributed by atoms with van der Waals surface area (Å²) in [6.07, 6.45) is 0.162. The number of nitrogens with one attached hydrogen (secondary N) is 3. The van der Waals surface area contributed by atoms with Crippen LogP contribution in [-0.2, 0) is 0 Å². The van der Waals surface area contributed by atoms with E-state index in [1.165, 1.54) is 0 Å². The molecule has 0 saturated carbocycles. The lowest BCUT2D eigenvalue weighted by Crippen LogP contribution is -2.54. The summed E-state index contributed by atoms with van der Waals surface area (Å²) in [4.78, 5) is 12.0. The van der Waals surface area contributed by atoms with Gasteiger partial charge < -0.3 is 21.1 Å². The van der Waals surface area contributed by atoms with Crippen molar-refractivity contribution >= 4 is 34.9 Å². The van der Waals surface area contributed by atoms with Crippen LogP contribution in [0.5, 0.6) is 0 Å². The standard InChI is InChI=1S/C16H19N3O2.ClH/c20-15-7-8-17-10-14(15)19-16(21)18-13-6-5-11-3-1-2-4-12(11)9-13;/h1-6,9,14-15,17,20H,7-8,10H2,(H2,18,19,21);1H/t14-,15-;/m1./s1. The number of carbonyl (C=O) groups excluding carboxylic acids is 1. The predicted octanol–water partition coefficient (Wildman–Crippen LogP) is 2.11. The number of amides is 2. The van der Waals surface area contributed by atoms with E-state index >= 15 is 0 Å². The van der Waals surface area contributed by atoms with E-state index in [1.54, 1.807) is 0 Å². The molecule has 1 aliphatic heterocycles. The van der Waals surface area contributed by atoms with Gasteiger partial charge in [-0.15, -0.1) is 12.4 Å². The van der Waals surface area contributed by atoms with Gasteiger partial charge >= 0.3 is 6.03 Å². The highest BCUT2D eigenvalue weighted by Crippen LogP contribution is 2.18. The van der Waals surface area contributed by atoms with E-state index < -0.39 is 6.10 Å². The number of anilines is 1. The Labute approximate surface area is 135 Å². The number of fused-ring (bicyclic) bond motifs is 1. The lowest BCUT2D eigenvalue weighted by Gasteiger charge is -2.29. The molecule has 6 heteroatoms. The molecule has 2 atom stereocenters. The average molecular weight is 322 g/mol. The molecule has 0 aromatic heterocycles. The number of urea groups is 1. The Hall–Kier alpha value is -1.82. The van der Waals surface area contributed by atoms with Gasteiger partial charge in [-0.25, -0.2) is 4.79 Å². The fourth-order valence-corrected chi connectivity index (χ4v) is 2.59. The Morgan fingerprint density at radius 1 is 1.18 bits per heavy atom. The minimum atomic E-state index is -0.492. The number of benzene rings is 2. The number of aliphatic hydroxyl groups is 1. The molecule has 3 rings (SSSR count). The van der Waals surface area contributed by atoms with E-state index in [2.05, 4.69) is 16.0 Å². The van der Waals surface area contributed by atoms with Crippen LogP contribution in [0.1, 0.15) is 6.42 Å². The zero-order valence-electron chi connectivity index (χ0n) is 12.1. The topological polar surface area (TPSA) is 73.4 Å². The third-order valence-corrected chi connectivity index (χ3v) is 3.77. The summed E-state index contributed by atoms with van der Waals surface area (Å²) in [7, 11) is 0. The molecule has 1 fully saturated rings. The molecule has 0 unspecified atom stereocenters. The first-order valence-corrected chi connectivity index (χ1v) is 7.17. The molecule has 4 N–H and O–H groups in total. The summed E-state index contributed by atoms with van der Waals surface area (Å²) < 4.78 is 0. The van der Waals surface area contributed by atoms with Crippen LogP contribution in [0.25, 0.3) is 10.8 Å². The van der Waals surface area contributed by atoms with Gasteiger partial charge in [0.2, 0.25) is 0 Å². The Morgan fingerprint density at radius 3 is 2.73 bits per heavy atom. The summed E-state index contributed by atoms with van der Waals surface area (Å²) in [5, 5.41) is 20.8. The van der Waals surface area contributed by atoms with Crippen molar-refractivity contribution < 1.29 is 9.90 Å². The van der Waals surface area contributed by atoms with Crippen LogP contribution < -0.4 is 16.0 Å². The third-order valence-electron chi connectivity index (χ3n) is 3.77. The molecule has 0 aliphatic carbocycles. The van der Waals surface area contributed by atoms with Gasteiger partial charge in [0.05, 0.1) is 12.1 Å². The van der Waals surface area contributed by atoms with E-state index in [0.717, 1.165) is 23.0 Å². The molecular formula is C16H20ClN3O2. The number of piperidine rings is 1. The first kappa shape index (κ1) is 16.5. The van der Waals surface area contributed by atoms with Crippen molar-refractivity contribution in [1.29, 1.82) is 0 Å². The zero-order valence-corrected chi connectivity index (χ0v) is 12.9. The molecule has 118 valence electrons. The van der Waals surface area contributed by atoms with Crippen LogP contribution in [0, 0.1) is 0 Å². The number of rotatable bonds is 2. The highest BCUT2D eigenvalue weighted by Gasteiger charge is 2.24. The van der Waals surface area contributed by atoms with E-state index in [9.17, 15) is 9.90 Å². The van der Waals surface area contributed by atoms with Crippen LogP contribution in [0.15, 0.2) is 42.5 Å². The number of carbonyl (C=O) groups is 1. The van der Waals surface area contributed by atoms with Crippen molar-refractivity contribution in [3.8, 4) is 0 Å². The maximum Gasteiger partial charge on any atom is 0.319 e. The van der Waals surface area contributed by atoms with Gasteiger partial charge in [0, 0.05) is 12.2 Å². The van der Waals surface area contributed by atoms with Crippen molar-refractivity contribution in [3.05, 3.63) is 42.5 Å². The van der Waals surface area contributed by atoms with Crippen molar-refractivity contribution in [3.63, 3.8) is 0 Å². The highest BCUT2D eigenvalue weighted by atomic mass is 35.5. The van der Waals surface area contributed by atoms with E-state index in [4.69, 9.17) is 0 Å². The van der Waals surface area contributed by atoms with Gasteiger partial charge in [0.15, 0.2) is 0 Å². The largest absolute Gasteiger partial charge is 0.391 e. The van der Waals surface area contributed by atoms with Crippen molar-refractivity contribution in [2.24, 2.45) is 0 Å². The molecule has 22 heavy (non-hydrogen) atoms. The van der Waals surface area contributed by atoms with Gasteiger partial charge in [-0.2, -0.15) is 0 Å². The maximum atomic E-state index is 12.0. The Kier molecular flexibility index (Phi) is 5.60. The smallest absolute Gasteiger partial charge is 0.319 e. The molecule has 1 heterocycles. The second-order valence-corrected chi connectivity index (χ2v) is 5.33. The zero-order chi connectivity index (χ0) is 14.7. The molecule has 5 nitrogen and oxygen atoms in total. The van der Waals surface area contributed by atoms with Crippen molar-refractivity contribution in [1.82, 2.24) is 10.6 Å². The molecule has 1 aliphatic rings. The van der Waals surface area contributed by atoms with E-state index in [1.807, 2.05) is 42.5 Å². The maximum absolute atomic E-state index is 12.0. The van der Waals surface area contributed by atoms with Gasteiger partial charge in [-0.3, -0.25) is 0 Å². The molecule has 1 saturated heterocycles. The fraction of sp³-hybridized carbons (Fsp3) is 0.312. The van der Waals surface area contributed by atoms with Gasteiger partial charge in [-0.1, -0.05) is 30.3 Å². The van der Waals surface area contributed by atoms with Gasteiger partial charge in [-0.05, 0) is 35.9 Å². The summed E-state index contributed by atoms with van der Waals surface area (Å²) in [6.45, 7) is 1.37. The molecule has 2 aromatic rings. The van der Waals surface area contributed by atoms with Crippen LogP contribution in [-0.4, -0.2) is 36.4 Å². The summed E-state index contributed by atoms with van der Waals surface area (Å²) in [6, 6.07) is 13.2. The average Bonchev–Trinajstić information content (AvgIpc) is 2.49. The SMILES string of the molecule is Cl.O=C(Nc1ccc2ccccc2c1)N[C@@H]1CNCC[C@H]1O. The Bertz CT molecular complexity index is 650. The molecular weight excluding hydrogens is 302 g/mol. The number of hydrogen-bond donors (Lipinski definition) is 4. The minimum absolute atomic E-state index is 0. The number of aliphatic hydroxyl groups excluding tert-OH is 1. The Balaban J connectivity index is 0.00000176. The van der Waals surface area contributed by atoms with Crippen LogP contribution in [0.2, 0.25) is 0 Å². The van der Waals surface area contributed by atoms with Crippen molar-refractivity contribution in [2.75, 3.05) is 18.4 Å². The lowest BCUT2D eigenvalue weighted by molar-refractivity contribution is 0.103. The first-order valence-electron chi connectivity index (χ1n) is 7.17. The molecule has 2 aromatic carbocycles. The Morgan fingerprint density at radius 2 is 1.95 bits per heavy atom. The van der Waals surface area contributed by atoms with E-state index in [0.29, 0.717) is 13.0 Å². The molecule has 2 amide bonds. The summed E-state index contributed by atoms with van der Waals surface area (Å²) in [5.74, 6) is 0. The first-order chi connectivity index (χ1) is 10.2. The molecule has 0 radical (unpaired) electrons. The monoisotopic (exact) mass is 321 g/mol. The minimum Gasteiger partial charge on any atom is -0.391 e. The second kappa shape index (κ2) is 7.45. The van der Waals surface area contributed by atoms with E-state index in [-0.39, 0.29) is 24.5 Å². The lowest BCUT2D eigenvalue weighted by atomic mass is 10.0. The second-order valence-electron chi connectivity index (χ2n) is 5.33. The normalized spacial score (nSPS) is 21.0. The summed E-state index contributed by atoms with van der Waals surface area (Å²) >= 11 is 0. The molecule has 0 spiro atoms. The third kappa shape index (κ3) is 3.88. The van der Waals surface area contributed by atoms with Crippen LogP contribution >= 0.6 is 12.4 Å². The highest BCUT2D eigenvalue weighted by molar-refractivity contribution is 5.93. The van der Waals surface area contributed by atoms with Gasteiger partial charge in [0.1, 0.15) is 0 Å². The van der Waals surface area contributed by atoms with Gasteiger partial charge in [0.25, 0.3) is 0 Å². The van der Waals surface area contributed by atoms with Crippen LogP contribution in [0.3, 0.4) is 0 Å². The fourth-order valence-electron chi connectivity index (χ4n) is 2.59. The predicted molar refractivity (Wildman–Crippen MR) is 90.6 cm³/mol. The van der Waals surface area contributed by atoms with Crippen molar-refractivity contribution in [2.45, 2.75) is 18.6 Å². The van der Waals surface area contributed by atoms with Crippen LogP contribution in [0.4, 0.5) is 10.5 Å². The number of hydrogen-bond acceptors (Lipinski definition) is 3. The molecule has 0 bridgehead atoms. The summed E-state index contributed by atoms with van der Waals surface area (Å²) in [5.41, 5.74) is 0.740.